The summed E-state index contributed by atoms with van der Waals surface area (Å²) < 4.78 is 6.65. The van der Waals surface area contributed by atoms with Gasteiger partial charge in [-0.05, 0) is 57.4 Å². The Kier molecular flexibility index (Phi) is 7.21. The molecule has 0 aromatic heterocycles. The van der Waals surface area contributed by atoms with Crippen LogP contribution in [-0.4, -0.2) is 18.7 Å². The minimum Gasteiger partial charge on any atom is -0.488 e. The number of carbonyl (C=O) groups is 1. The highest BCUT2D eigenvalue weighted by Crippen LogP contribution is 2.26. The molecular formula is C22H20BrN3O2. The van der Waals surface area contributed by atoms with Gasteiger partial charge < -0.3 is 10.1 Å². The number of ether oxygens (including phenoxy) is 1. The summed E-state index contributed by atoms with van der Waals surface area (Å²) in [5, 5.41) is 7.02. The van der Waals surface area contributed by atoms with Crippen LogP contribution >= 0.6 is 15.9 Å². The normalized spacial score (nSPS) is 10.6. The number of nitrogens with one attached hydrogen (secondary N) is 2. The third-order valence-corrected chi connectivity index (χ3v) is 4.44. The highest BCUT2D eigenvalue weighted by molar-refractivity contribution is 9.10. The maximum Gasteiger partial charge on any atom is 0.259 e. The number of hydrazone groups is 1. The Morgan fingerprint density at radius 1 is 1.00 bits per heavy atom. The van der Waals surface area contributed by atoms with Crippen LogP contribution in [0.4, 0.5) is 5.69 Å². The number of para-hydroxylation sites is 1. The molecule has 28 heavy (non-hydrogen) atoms. The fourth-order valence-electron chi connectivity index (χ4n) is 2.41. The molecule has 0 unspecified atom stereocenters. The Morgan fingerprint density at radius 2 is 1.71 bits per heavy atom. The van der Waals surface area contributed by atoms with Crippen molar-refractivity contribution in [2.75, 3.05) is 11.9 Å². The number of halogens is 1. The largest absolute Gasteiger partial charge is 0.488 e. The summed E-state index contributed by atoms with van der Waals surface area (Å²) in [6, 6.07) is 25.1. The van der Waals surface area contributed by atoms with Gasteiger partial charge in [-0.15, -0.1) is 0 Å². The predicted molar refractivity (Wildman–Crippen MR) is 116 cm³/mol. The first kappa shape index (κ1) is 19.6. The Hall–Kier alpha value is -3.12. The zero-order chi connectivity index (χ0) is 19.6. The van der Waals surface area contributed by atoms with Crippen LogP contribution in [0, 0.1) is 0 Å². The molecule has 6 heteroatoms. The number of amides is 1. The van der Waals surface area contributed by atoms with Gasteiger partial charge >= 0.3 is 0 Å². The summed E-state index contributed by atoms with van der Waals surface area (Å²) in [6.45, 7) is 0.647. The molecule has 5 nitrogen and oxygen atoms in total. The van der Waals surface area contributed by atoms with Crippen LogP contribution in [0.2, 0.25) is 0 Å². The first-order valence-electron chi connectivity index (χ1n) is 8.78. The van der Waals surface area contributed by atoms with E-state index in [9.17, 15) is 4.79 Å². The molecule has 0 radical (unpaired) electrons. The van der Waals surface area contributed by atoms with Crippen LogP contribution < -0.4 is 15.5 Å². The summed E-state index contributed by atoms with van der Waals surface area (Å²) in [5.41, 5.74) is 5.34. The molecule has 0 bridgehead atoms. The van der Waals surface area contributed by atoms with E-state index < -0.39 is 0 Å². The van der Waals surface area contributed by atoms with Gasteiger partial charge in [-0.25, -0.2) is 5.43 Å². The molecule has 0 aliphatic heterocycles. The van der Waals surface area contributed by atoms with E-state index in [2.05, 4.69) is 31.8 Å². The number of rotatable bonds is 8. The monoisotopic (exact) mass is 437 g/mol. The number of nitrogens with zero attached hydrogens (tertiary/aromatic N) is 1. The quantitative estimate of drug-likeness (QED) is 0.400. The van der Waals surface area contributed by atoms with Crippen molar-refractivity contribution >= 4 is 33.7 Å². The molecule has 3 aromatic rings. The van der Waals surface area contributed by atoms with Gasteiger partial charge in [0.15, 0.2) is 0 Å². The van der Waals surface area contributed by atoms with Crippen LogP contribution in [0.3, 0.4) is 0 Å². The highest BCUT2D eigenvalue weighted by Gasteiger charge is 2.03. The van der Waals surface area contributed by atoms with Crippen molar-refractivity contribution in [3.05, 3.63) is 94.5 Å². The maximum atomic E-state index is 11.8. The molecule has 0 saturated carbocycles. The van der Waals surface area contributed by atoms with Crippen molar-refractivity contribution in [2.45, 2.75) is 6.61 Å². The molecule has 0 aliphatic rings. The van der Waals surface area contributed by atoms with Gasteiger partial charge in [0.25, 0.3) is 5.91 Å². The summed E-state index contributed by atoms with van der Waals surface area (Å²) in [4.78, 5) is 11.8. The average Bonchev–Trinajstić information content (AvgIpc) is 2.73. The molecule has 0 heterocycles. The number of anilines is 1. The molecule has 0 atom stereocenters. The minimum absolute atomic E-state index is 0.150. The van der Waals surface area contributed by atoms with Gasteiger partial charge in [0.1, 0.15) is 12.4 Å². The molecule has 0 fully saturated rings. The van der Waals surface area contributed by atoms with E-state index in [-0.39, 0.29) is 12.5 Å². The predicted octanol–water partition coefficient (Wildman–Crippen LogP) is 4.59. The van der Waals surface area contributed by atoms with Crippen molar-refractivity contribution in [1.29, 1.82) is 0 Å². The fraction of sp³-hybridized carbons (Fsp3) is 0.0909. The summed E-state index contributed by atoms with van der Waals surface area (Å²) >= 11 is 3.51. The molecule has 1 amide bonds. The lowest BCUT2D eigenvalue weighted by molar-refractivity contribution is -0.119. The van der Waals surface area contributed by atoms with Gasteiger partial charge in [0, 0.05) is 5.69 Å². The van der Waals surface area contributed by atoms with E-state index in [1.54, 1.807) is 6.21 Å². The highest BCUT2D eigenvalue weighted by atomic mass is 79.9. The Balaban J connectivity index is 1.47. The molecule has 2 N–H and O–H groups in total. The number of benzene rings is 3. The molecular weight excluding hydrogens is 418 g/mol. The first-order chi connectivity index (χ1) is 13.7. The second-order valence-corrected chi connectivity index (χ2v) is 6.83. The molecule has 142 valence electrons. The van der Waals surface area contributed by atoms with E-state index in [0.29, 0.717) is 6.61 Å². The van der Waals surface area contributed by atoms with Crippen molar-refractivity contribution in [3.63, 3.8) is 0 Å². The second-order valence-electron chi connectivity index (χ2n) is 5.98. The Morgan fingerprint density at radius 3 is 2.43 bits per heavy atom. The number of hydrogen-bond donors (Lipinski definition) is 2. The molecule has 3 aromatic carbocycles. The van der Waals surface area contributed by atoms with Crippen molar-refractivity contribution in [2.24, 2.45) is 5.10 Å². The van der Waals surface area contributed by atoms with Gasteiger partial charge in [0.05, 0.1) is 17.2 Å². The van der Waals surface area contributed by atoms with Crippen LogP contribution in [-0.2, 0) is 11.4 Å². The van der Waals surface area contributed by atoms with Crippen LogP contribution in [0.1, 0.15) is 11.1 Å². The lowest BCUT2D eigenvalue weighted by Gasteiger charge is -2.09. The van der Waals surface area contributed by atoms with Gasteiger partial charge in [-0.1, -0.05) is 48.5 Å². The van der Waals surface area contributed by atoms with Crippen molar-refractivity contribution in [3.8, 4) is 5.75 Å². The zero-order valence-electron chi connectivity index (χ0n) is 15.1. The number of hydrogen-bond acceptors (Lipinski definition) is 4. The van der Waals surface area contributed by atoms with Gasteiger partial charge in [0.2, 0.25) is 0 Å². The van der Waals surface area contributed by atoms with E-state index >= 15 is 0 Å². The van der Waals surface area contributed by atoms with Crippen LogP contribution in [0.5, 0.6) is 5.75 Å². The SMILES string of the molecule is O=C(CNc1ccccc1)N/N=C\c1ccc(OCc2ccccc2)c(Br)c1. The summed E-state index contributed by atoms with van der Waals surface area (Å²) in [7, 11) is 0. The third-order valence-electron chi connectivity index (χ3n) is 3.82. The van der Waals surface area contributed by atoms with E-state index in [1.807, 2.05) is 78.9 Å². The second kappa shape index (κ2) is 10.3. The lowest BCUT2D eigenvalue weighted by atomic mass is 10.2. The standard InChI is InChI=1S/C22H20BrN3O2/c23-20-13-18(11-12-21(20)28-16-17-7-3-1-4-8-17)14-25-26-22(27)15-24-19-9-5-2-6-10-19/h1-14,24H,15-16H2,(H,26,27)/b25-14-. The number of carbonyl (C=O) groups excluding carboxylic acids is 1. The van der Waals surface area contributed by atoms with E-state index in [4.69, 9.17) is 4.74 Å². The Bertz CT molecular complexity index is 931. The van der Waals surface area contributed by atoms with Gasteiger partial charge in [-0.2, -0.15) is 5.10 Å². The Labute approximate surface area is 172 Å². The third kappa shape index (κ3) is 6.25. The summed E-state index contributed by atoms with van der Waals surface area (Å²) in [6.07, 6.45) is 1.59. The van der Waals surface area contributed by atoms with E-state index in [1.165, 1.54) is 0 Å². The zero-order valence-corrected chi connectivity index (χ0v) is 16.7. The minimum atomic E-state index is -0.220. The first-order valence-corrected chi connectivity index (χ1v) is 9.57. The van der Waals surface area contributed by atoms with Crippen LogP contribution in [0.15, 0.2) is 88.4 Å². The average molecular weight is 438 g/mol. The van der Waals surface area contributed by atoms with Crippen molar-refractivity contribution in [1.82, 2.24) is 5.43 Å². The molecule has 0 saturated heterocycles. The summed E-state index contributed by atoms with van der Waals surface area (Å²) in [5.74, 6) is 0.527. The van der Waals surface area contributed by atoms with E-state index in [0.717, 1.165) is 27.0 Å². The topological polar surface area (TPSA) is 62.7 Å². The molecule has 0 aliphatic carbocycles. The smallest absolute Gasteiger partial charge is 0.259 e. The van der Waals surface area contributed by atoms with Gasteiger partial charge in [-0.3, -0.25) is 4.79 Å². The van der Waals surface area contributed by atoms with Crippen LogP contribution in [0.25, 0.3) is 0 Å². The maximum absolute atomic E-state index is 11.8. The lowest BCUT2D eigenvalue weighted by Crippen LogP contribution is -2.25. The van der Waals surface area contributed by atoms with Crippen molar-refractivity contribution < 1.29 is 9.53 Å². The fourth-order valence-corrected chi connectivity index (χ4v) is 2.92. The molecule has 0 spiro atoms. The molecule has 3 rings (SSSR count).